The molecule has 0 aliphatic heterocycles. The molecule has 1 atom stereocenters. The van der Waals surface area contributed by atoms with Crippen molar-refractivity contribution in [1.29, 1.82) is 0 Å². The summed E-state index contributed by atoms with van der Waals surface area (Å²) in [5, 5.41) is 10.1. The van der Waals surface area contributed by atoms with E-state index >= 15 is 0 Å². The van der Waals surface area contributed by atoms with E-state index < -0.39 is 0 Å². The van der Waals surface area contributed by atoms with Crippen LogP contribution >= 0.6 is 11.3 Å². The molecule has 1 aromatic rings. The lowest BCUT2D eigenvalue weighted by Gasteiger charge is -2.05. The Bertz CT molecular complexity index is 245. The molecule has 0 bridgehead atoms. The van der Waals surface area contributed by atoms with Crippen molar-refractivity contribution in [2.45, 2.75) is 19.4 Å². The molecule has 1 heterocycles. The molecule has 0 unspecified atom stereocenters. The average Bonchev–Trinajstić information content (AvgIpc) is 2.34. The first kappa shape index (κ1) is 9.48. The second kappa shape index (κ2) is 3.87. The van der Waals surface area contributed by atoms with Gasteiger partial charge in [-0.2, -0.15) is 0 Å². The molecule has 0 fully saturated rings. The topological polar surface area (TPSA) is 36.4 Å². The summed E-state index contributed by atoms with van der Waals surface area (Å²) in [6.07, 6.45) is 2.25. The predicted octanol–water partition coefficient (Wildman–Crippen LogP) is 1.13. The van der Waals surface area contributed by atoms with Gasteiger partial charge < -0.3 is 10.0 Å². The second-order valence-electron chi connectivity index (χ2n) is 3.06. The molecule has 0 aromatic carbocycles. The number of thiazole rings is 1. The van der Waals surface area contributed by atoms with Crippen molar-refractivity contribution in [3.8, 4) is 0 Å². The first-order valence-electron chi connectivity index (χ1n) is 3.89. The van der Waals surface area contributed by atoms with E-state index in [9.17, 15) is 0 Å². The zero-order valence-electron chi connectivity index (χ0n) is 7.61. The molecular formula is C8H14N2OS. The van der Waals surface area contributed by atoms with E-state index in [-0.39, 0.29) is 6.10 Å². The Hall–Kier alpha value is -0.610. The van der Waals surface area contributed by atoms with Crippen molar-refractivity contribution in [3.63, 3.8) is 0 Å². The van der Waals surface area contributed by atoms with E-state index in [2.05, 4.69) is 4.98 Å². The van der Waals surface area contributed by atoms with Gasteiger partial charge in [0.1, 0.15) is 0 Å². The quantitative estimate of drug-likeness (QED) is 0.769. The number of anilines is 1. The Morgan fingerprint density at radius 2 is 2.33 bits per heavy atom. The lowest BCUT2D eigenvalue weighted by atomic mass is 10.3. The molecule has 0 radical (unpaired) electrons. The maximum Gasteiger partial charge on any atom is 0.184 e. The van der Waals surface area contributed by atoms with Crippen LogP contribution in [0.2, 0.25) is 0 Å². The van der Waals surface area contributed by atoms with Gasteiger partial charge in [0.25, 0.3) is 0 Å². The summed E-state index contributed by atoms with van der Waals surface area (Å²) in [7, 11) is 3.93. The standard InChI is InChI=1S/C8H14N2OS/c1-6(11)4-7-5-9-8(12-7)10(2)3/h5-6,11H,4H2,1-3H3/t6-/m0/s1. The maximum atomic E-state index is 9.12. The van der Waals surface area contributed by atoms with Gasteiger partial charge in [-0.05, 0) is 6.92 Å². The van der Waals surface area contributed by atoms with E-state index in [4.69, 9.17) is 5.11 Å². The monoisotopic (exact) mass is 186 g/mol. The highest BCUT2D eigenvalue weighted by Gasteiger charge is 2.05. The van der Waals surface area contributed by atoms with E-state index in [1.165, 1.54) is 0 Å². The van der Waals surface area contributed by atoms with Crippen LogP contribution in [0.5, 0.6) is 0 Å². The SMILES string of the molecule is C[C@H](O)Cc1cnc(N(C)C)s1. The van der Waals surface area contributed by atoms with Crippen LogP contribution in [0.3, 0.4) is 0 Å². The Labute approximate surface area is 76.7 Å². The summed E-state index contributed by atoms with van der Waals surface area (Å²) >= 11 is 1.62. The van der Waals surface area contributed by atoms with E-state index in [0.29, 0.717) is 6.42 Å². The number of aliphatic hydroxyl groups is 1. The van der Waals surface area contributed by atoms with Gasteiger partial charge in [0, 0.05) is 31.6 Å². The summed E-state index contributed by atoms with van der Waals surface area (Å²) in [5.41, 5.74) is 0. The van der Waals surface area contributed by atoms with Gasteiger partial charge in [-0.25, -0.2) is 4.98 Å². The summed E-state index contributed by atoms with van der Waals surface area (Å²) < 4.78 is 0. The van der Waals surface area contributed by atoms with Crippen LogP contribution in [0.4, 0.5) is 5.13 Å². The van der Waals surface area contributed by atoms with Crippen molar-refractivity contribution >= 4 is 16.5 Å². The minimum absolute atomic E-state index is 0.277. The fourth-order valence-corrected chi connectivity index (χ4v) is 1.84. The lowest BCUT2D eigenvalue weighted by molar-refractivity contribution is 0.196. The van der Waals surface area contributed by atoms with Crippen molar-refractivity contribution in [3.05, 3.63) is 11.1 Å². The van der Waals surface area contributed by atoms with Crippen molar-refractivity contribution in [2.75, 3.05) is 19.0 Å². The van der Waals surface area contributed by atoms with Gasteiger partial charge in [-0.3, -0.25) is 0 Å². The van der Waals surface area contributed by atoms with Gasteiger partial charge >= 0.3 is 0 Å². The lowest BCUT2D eigenvalue weighted by Crippen LogP contribution is -2.07. The second-order valence-corrected chi connectivity index (χ2v) is 4.15. The first-order chi connectivity index (χ1) is 5.59. The van der Waals surface area contributed by atoms with Crippen LogP contribution in [0.1, 0.15) is 11.8 Å². The minimum atomic E-state index is -0.277. The molecule has 1 aromatic heterocycles. The number of hydrogen-bond donors (Lipinski definition) is 1. The molecule has 3 nitrogen and oxygen atoms in total. The van der Waals surface area contributed by atoms with E-state index in [1.54, 1.807) is 18.3 Å². The molecule has 0 saturated heterocycles. The zero-order valence-corrected chi connectivity index (χ0v) is 8.43. The molecule has 0 spiro atoms. The van der Waals surface area contributed by atoms with Crippen molar-refractivity contribution < 1.29 is 5.11 Å². The third-order valence-electron chi connectivity index (χ3n) is 1.42. The minimum Gasteiger partial charge on any atom is -0.393 e. The van der Waals surface area contributed by atoms with Crippen LogP contribution in [-0.2, 0) is 6.42 Å². The Morgan fingerprint density at radius 3 is 2.75 bits per heavy atom. The maximum absolute atomic E-state index is 9.12. The highest BCUT2D eigenvalue weighted by atomic mass is 32.1. The number of aliphatic hydroxyl groups excluding tert-OH is 1. The van der Waals surface area contributed by atoms with Crippen LogP contribution < -0.4 is 4.90 Å². The summed E-state index contributed by atoms with van der Waals surface area (Å²) in [4.78, 5) is 7.30. The molecule has 0 amide bonds. The molecule has 0 aliphatic carbocycles. The van der Waals surface area contributed by atoms with Gasteiger partial charge in [0.15, 0.2) is 5.13 Å². The van der Waals surface area contributed by atoms with Gasteiger partial charge in [0.05, 0.1) is 6.10 Å². The fraction of sp³-hybridized carbons (Fsp3) is 0.625. The molecule has 4 heteroatoms. The number of hydrogen-bond acceptors (Lipinski definition) is 4. The number of aromatic nitrogens is 1. The third kappa shape index (κ3) is 2.46. The third-order valence-corrected chi connectivity index (χ3v) is 2.61. The van der Waals surface area contributed by atoms with Crippen LogP contribution in [-0.4, -0.2) is 30.3 Å². The summed E-state index contributed by atoms with van der Waals surface area (Å²) in [5.74, 6) is 0. The molecule has 12 heavy (non-hydrogen) atoms. The van der Waals surface area contributed by atoms with Crippen LogP contribution in [0, 0.1) is 0 Å². The molecule has 68 valence electrons. The fourth-order valence-electron chi connectivity index (χ4n) is 0.889. The zero-order chi connectivity index (χ0) is 9.14. The smallest absolute Gasteiger partial charge is 0.184 e. The Morgan fingerprint density at radius 1 is 1.67 bits per heavy atom. The van der Waals surface area contributed by atoms with E-state index in [0.717, 1.165) is 10.0 Å². The van der Waals surface area contributed by atoms with E-state index in [1.807, 2.05) is 25.2 Å². The number of nitrogens with zero attached hydrogens (tertiary/aromatic N) is 2. The first-order valence-corrected chi connectivity index (χ1v) is 4.71. The number of rotatable bonds is 3. The molecular weight excluding hydrogens is 172 g/mol. The van der Waals surface area contributed by atoms with Gasteiger partial charge in [0.2, 0.25) is 0 Å². The van der Waals surface area contributed by atoms with Gasteiger partial charge in [-0.1, -0.05) is 0 Å². The highest BCUT2D eigenvalue weighted by molar-refractivity contribution is 7.15. The van der Waals surface area contributed by atoms with Crippen molar-refractivity contribution in [1.82, 2.24) is 4.98 Å². The average molecular weight is 186 g/mol. The molecule has 1 N–H and O–H groups in total. The molecule has 0 saturated carbocycles. The Balaban J connectivity index is 2.64. The Kier molecular flexibility index (Phi) is 3.05. The predicted molar refractivity (Wildman–Crippen MR) is 51.8 cm³/mol. The van der Waals surface area contributed by atoms with Crippen LogP contribution in [0.15, 0.2) is 6.20 Å². The highest BCUT2D eigenvalue weighted by Crippen LogP contribution is 2.21. The largest absolute Gasteiger partial charge is 0.393 e. The summed E-state index contributed by atoms with van der Waals surface area (Å²) in [6, 6.07) is 0. The van der Waals surface area contributed by atoms with Crippen molar-refractivity contribution in [2.24, 2.45) is 0 Å². The van der Waals surface area contributed by atoms with Gasteiger partial charge in [-0.15, -0.1) is 11.3 Å². The summed E-state index contributed by atoms with van der Waals surface area (Å²) in [6.45, 7) is 1.79. The molecule has 0 aliphatic rings. The molecule has 1 rings (SSSR count). The van der Waals surface area contributed by atoms with Crippen LogP contribution in [0.25, 0.3) is 0 Å². The normalized spacial score (nSPS) is 13.0.